The van der Waals surface area contributed by atoms with E-state index in [1.807, 2.05) is 31.3 Å². The highest BCUT2D eigenvalue weighted by atomic mass is 19.1. The first kappa shape index (κ1) is 30.6. The summed E-state index contributed by atoms with van der Waals surface area (Å²) < 4.78 is 37.1. The van der Waals surface area contributed by atoms with Crippen molar-refractivity contribution in [3.63, 3.8) is 0 Å². The van der Waals surface area contributed by atoms with Crippen molar-refractivity contribution in [1.82, 2.24) is 19.9 Å². The van der Waals surface area contributed by atoms with Crippen LogP contribution in [0.2, 0.25) is 0 Å². The van der Waals surface area contributed by atoms with E-state index in [-0.39, 0.29) is 34.8 Å². The van der Waals surface area contributed by atoms with Gasteiger partial charge in [-0.1, -0.05) is 57.0 Å². The molecule has 45 heavy (non-hydrogen) atoms. The number of amides is 1. The van der Waals surface area contributed by atoms with Crippen LogP contribution >= 0.6 is 0 Å². The lowest BCUT2D eigenvalue weighted by atomic mass is 9.75. The number of aryl methyl sites for hydroxylation is 1. The highest BCUT2D eigenvalue weighted by Crippen LogP contribution is 2.40. The Morgan fingerprint density at radius 3 is 2.51 bits per heavy atom. The van der Waals surface area contributed by atoms with Crippen molar-refractivity contribution in [3.05, 3.63) is 102 Å². The second-order valence-corrected chi connectivity index (χ2v) is 13.3. The van der Waals surface area contributed by atoms with Crippen molar-refractivity contribution >= 4 is 16.8 Å². The van der Waals surface area contributed by atoms with Crippen LogP contribution in [0.25, 0.3) is 22.3 Å². The average Bonchev–Trinajstić information content (AvgIpc) is 3.70. The fraction of sp³-hybridized carbons (Fsp3) is 0.351. The number of carbonyl (C=O) groups excluding carboxylic acids is 1. The number of carbonyl (C=O) groups is 1. The minimum Gasteiger partial charge on any atom is -0.454 e. The zero-order valence-corrected chi connectivity index (χ0v) is 26.3. The molecule has 234 valence electrons. The van der Waals surface area contributed by atoms with E-state index in [1.165, 1.54) is 18.2 Å². The smallest absolute Gasteiger partial charge is 0.222 e. The largest absolute Gasteiger partial charge is 0.454 e. The van der Waals surface area contributed by atoms with Crippen LogP contribution < -0.4 is 4.74 Å². The summed E-state index contributed by atoms with van der Waals surface area (Å²) in [6.45, 7) is 7.21. The molecule has 0 aliphatic carbocycles. The van der Waals surface area contributed by atoms with Gasteiger partial charge >= 0.3 is 0 Å². The maximum absolute atomic E-state index is 15.6. The molecule has 1 amide bonds. The van der Waals surface area contributed by atoms with Gasteiger partial charge in [0.25, 0.3) is 0 Å². The molecule has 1 aliphatic heterocycles. The average molecular weight is 611 g/mol. The van der Waals surface area contributed by atoms with Gasteiger partial charge in [-0.05, 0) is 61.4 Å². The third-order valence-corrected chi connectivity index (χ3v) is 9.32. The Labute approximate surface area is 262 Å². The van der Waals surface area contributed by atoms with Gasteiger partial charge in [0.2, 0.25) is 5.91 Å². The third kappa shape index (κ3) is 6.23. The van der Waals surface area contributed by atoms with E-state index in [0.29, 0.717) is 29.9 Å². The Kier molecular flexibility index (Phi) is 8.25. The van der Waals surface area contributed by atoms with Gasteiger partial charge in [0.05, 0.1) is 5.56 Å². The summed E-state index contributed by atoms with van der Waals surface area (Å²) in [6, 6.07) is 17.9. The maximum atomic E-state index is 15.6. The number of halogens is 2. The number of hydrogen-bond acceptors (Lipinski definition) is 3. The van der Waals surface area contributed by atoms with Crippen LogP contribution in [-0.2, 0) is 16.6 Å². The Morgan fingerprint density at radius 1 is 0.933 bits per heavy atom. The molecule has 1 atom stereocenters. The highest BCUT2D eigenvalue weighted by Gasteiger charge is 2.32. The molecule has 3 aromatic carbocycles. The van der Waals surface area contributed by atoms with Gasteiger partial charge in [0.15, 0.2) is 11.6 Å². The number of hydrogen-bond donors (Lipinski definition) is 2. The molecule has 4 bridgehead atoms. The maximum Gasteiger partial charge on any atom is 0.222 e. The molecule has 5 aromatic rings. The summed E-state index contributed by atoms with van der Waals surface area (Å²) in [4.78, 5) is 26.3. The lowest BCUT2D eigenvalue weighted by Gasteiger charge is -2.32. The van der Waals surface area contributed by atoms with Crippen molar-refractivity contribution in [3.8, 4) is 22.9 Å². The van der Waals surface area contributed by atoms with Gasteiger partial charge in [0.1, 0.15) is 17.4 Å². The van der Waals surface area contributed by atoms with E-state index < -0.39 is 17.0 Å². The molecule has 0 fully saturated rings. The fourth-order valence-corrected chi connectivity index (χ4v) is 6.74. The first-order valence-electron chi connectivity index (χ1n) is 15.7. The molecular weight excluding hydrogens is 570 g/mol. The first-order valence-corrected chi connectivity index (χ1v) is 15.7. The zero-order valence-electron chi connectivity index (χ0n) is 26.3. The topological polar surface area (TPSA) is 74.0 Å². The number of aromatic nitrogens is 3. The number of ether oxygens (including phenoxy) is 1. The van der Waals surface area contributed by atoms with Crippen molar-refractivity contribution in [2.45, 2.75) is 64.7 Å². The molecule has 0 radical (unpaired) electrons. The van der Waals surface area contributed by atoms with Gasteiger partial charge in [-0.15, -0.1) is 0 Å². The summed E-state index contributed by atoms with van der Waals surface area (Å²) in [7, 11) is 1.84. The Morgan fingerprint density at radius 2 is 1.71 bits per heavy atom. The summed E-state index contributed by atoms with van der Waals surface area (Å²) >= 11 is 0. The Balaban J connectivity index is 1.45. The predicted octanol–water partition coefficient (Wildman–Crippen LogP) is 8.93. The lowest BCUT2D eigenvalue weighted by molar-refractivity contribution is -0.131. The Bertz CT molecular complexity index is 1830. The van der Waals surface area contributed by atoms with Crippen LogP contribution in [-0.4, -0.2) is 39.4 Å². The molecule has 3 heterocycles. The molecule has 2 aromatic heterocycles. The normalized spacial score (nSPS) is 19.6. The molecular formula is C37H40F2N4O2. The number of nitrogens with one attached hydrogen (secondary N) is 2. The van der Waals surface area contributed by atoms with E-state index in [2.05, 4.69) is 47.9 Å². The zero-order chi connectivity index (χ0) is 31.8. The van der Waals surface area contributed by atoms with E-state index in [9.17, 15) is 4.79 Å². The number of imidazole rings is 1. The lowest BCUT2D eigenvalue weighted by Crippen LogP contribution is -2.36. The summed E-state index contributed by atoms with van der Waals surface area (Å²) in [5, 5.41) is 0.780. The second kappa shape index (κ2) is 12.1. The SMILES string of the molecule is CN1CC(C)(C)CCCCC(C)(c2ccccc2)c2cnc([nH]2)-c2cc(ccc2F)Oc2c(F)cc3[nH]ccc3c2CCC1=O. The number of aromatic amines is 2. The minimum absolute atomic E-state index is 0.00954. The van der Waals surface area contributed by atoms with Gasteiger partial charge in [-0.3, -0.25) is 4.79 Å². The number of rotatable bonds is 1. The quantitative estimate of drug-likeness (QED) is 0.199. The Hall–Kier alpha value is -4.46. The number of H-pyrrole nitrogens is 2. The monoisotopic (exact) mass is 610 g/mol. The fourth-order valence-electron chi connectivity index (χ4n) is 6.74. The van der Waals surface area contributed by atoms with E-state index in [1.54, 1.807) is 23.4 Å². The van der Waals surface area contributed by atoms with Crippen molar-refractivity contribution in [2.75, 3.05) is 13.6 Å². The number of fused-ring (bicyclic) bond motifs is 8. The van der Waals surface area contributed by atoms with Crippen LogP contribution in [0.5, 0.6) is 11.5 Å². The van der Waals surface area contributed by atoms with Crippen LogP contribution in [0.3, 0.4) is 0 Å². The van der Waals surface area contributed by atoms with E-state index >= 15 is 8.78 Å². The van der Waals surface area contributed by atoms with Gasteiger partial charge < -0.3 is 19.6 Å². The molecule has 2 N–H and O–H groups in total. The summed E-state index contributed by atoms with van der Waals surface area (Å²) in [6.07, 6.45) is 7.79. The second-order valence-electron chi connectivity index (χ2n) is 13.3. The molecule has 8 heteroatoms. The number of nitrogens with zero attached hydrogens (tertiary/aromatic N) is 2. The molecule has 0 spiro atoms. The van der Waals surface area contributed by atoms with Crippen LogP contribution in [0.1, 0.15) is 69.7 Å². The molecule has 1 aliphatic rings. The van der Waals surface area contributed by atoms with E-state index in [4.69, 9.17) is 4.74 Å². The van der Waals surface area contributed by atoms with Gasteiger partial charge in [-0.25, -0.2) is 13.8 Å². The standard InChI is InChI=1S/C37H40F2N4O2/c1-36(2)17-8-9-18-37(3,24-10-6-5-7-11-24)32-22-41-35(42-32)28-20-25(12-14-29(28)38)45-34-27(13-15-33(44)43(4)23-36)26-16-19-40-31(26)21-30(34)39/h5-7,10-12,14,16,19-22,40H,8-9,13,15,17-18,23H2,1-4H3,(H,41,42). The molecule has 1 unspecified atom stereocenters. The third-order valence-electron chi connectivity index (χ3n) is 9.32. The van der Waals surface area contributed by atoms with Crippen molar-refractivity contribution in [2.24, 2.45) is 5.41 Å². The van der Waals surface area contributed by atoms with Crippen LogP contribution in [0.15, 0.2) is 73.1 Å². The van der Waals surface area contributed by atoms with Gasteiger partial charge in [0, 0.05) is 66.0 Å². The molecule has 0 saturated heterocycles. The highest BCUT2D eigenvalue weighted by molar-refractivity contribution is 5.86. The summed E-state index contributed by atoms with van der Waals surface area (Å²) in [5.74, 6) is -0.365. The summed E-state index contributed by atoms with van der Waals surface area (Å²) in [5.41, 5.74) is 3.00. The first-order chi connectivity index (χ1) is 21.5. The van der Waals surface area contributed by atoms with Crippen LogP contribution in [0.4, 0.5) is 8.78 Å². The molecule has 6 nitrogen and oxygen atoms in total. The van der Waals surface area contributed by atoms with Crippen molar-refractivity contribution < 1.29 is 18.3 Å². The van der Waals surface area contributed by atoms with E-state index in [0.717, 1.165) is 42.3 Å². The minimum atomic E-state index is -0.561. The molecule has 0 saturated carbocycles. The van der Waals surface area contributed by atoms with Crippen molar-refractivity contribution in [1.29, 1.82) is 0 Å². The van der Waals surface area contributed by atoms with Crippen LogP contribution in [0, 0.1) is 17.0 Å². The number of benzene rings is 3. The molecule has 6 rings (SSSR count). The van der Waals surface area contributed by atoms with Gasteiger partial charge in [-0.2, -0.15) is 0 Å². The predicted molar refractivity (Wildman–Crippen MR) is 173 cm³/mol.